The van der Waals surface area contributed by atoms with Crippen LogP contribution < -0.4 is 5.32 Å². The zero-order valence-electron chi connectivity index (χ0n) is 17.0. The third-order valence-electron chi connectivity index (χ3n) is 7.14. The minimum atomic E-state index is -3.55. The van der Waals surface area contributed by atoms with Crippen LogP contribution in [0.1, 0.15) is 49.7 Å². The lowest BCUT2D eigenvalue weighted by Gasteiger charge is -2.59. The Balaban J connectivity index is 1.66. The molecule has 5 nitrogen and oxygen atoms in total. The van der Waals surface area contributed by atoms with Crippen LogP contribution in [-0.2, 0) is 14.8 Å². The maximum Gasteiger partial charge on any atom is 0.242 e. The number of halogens is 1. The molecule has 4 aliphatic rings. The molecule has 4 bridgehead atoms. The molecule has 2 unspecified atom stereocenters. The molecule has 28 heavy (non-hydrogen) atoms. The summed E-state index contributed by atoms with van der Waals surface area (Å²) in [6.45, 7) is 3.82. The number of benzene rings is 1. The van der Waals surface area contributed by atoms with E-state index in [1.165, 1.54) is 37.7 Å². The molecule has 0 radical (unpaired) electrons. The highest BCUT2D eigenvalue weighted by Crippen LogP contribution is 2.64. The first-order valence-electron chi connectivity index (χ1n) is 9.98. The minimum Gasteiger partial charge on any atom is -0.325 e. The normalized spacial score (nSPS) is 34.1. The second kappa shape index (κ2) is 6.54. The van der Waals surface area contributed by atoms with Crippen molar-refractivity contribution >= 4 is 37.5 Å². The number of hydrogen-bond acceptors (Lipinski definition) is 3. The predicted octanol–water partition coefficient (Wildman–Crippen LogP) is 4.23. The molecule has 1 N–H and O–H groups in total. The number of carbonyl (C=O) groups is 1. The Morgan fingerprint density at radius 2 is 1.75 bits per heavy atom. The molecular weight excluding hydrogens is 440 g/mol. The summed E-state index contributed by atoms with van der Waals surface area (Å²) in [6, 6.07) is 3.29. The molecule has 0 heterocycles. The Labute approximate surface area is 176 Å². The van der Waals surface area contributed by atoms with Gasteiger partial charge < -0.3 is 5.32 Å². The van der Waals surface area contributed by atoms with Gasteiger partial charge in [0.05, 0.1) is 10.3 Å². The Morgan fingerprint density at radius 1 is 1.14 bits per heavy atom. The lowest BCUT2D eigenvalue weighted by Crippen LogP contribution is -2.57. The molecular formula is C21H29BrN2O3S. The van der Waals surface area contributed by atoms with Crippen molar-refractivity contribution in [2.45, 2.75) is 61.6 Å². The Kier molecular flexibility index (Phi) is 4.76. The molecule has 0 aromatic heterocycles. The molecule has 1 amide bonds. The monoisotopic (exact) mass is 468 g/mol. The van der Waals surface area contributed by atoms with Gasteiger partial charge in [0.2, 0.25) is 15.9 Å². The fourth-order valence-electron chi connectivity index (χ4n) is 5.99. The number of nitrogens with zero attached hydrogens (tertiary/aromatic N) is 1. The van der Waals surface area contributed by atoms with Crippen molar-refractivity contribution in [3.63, 3.8) is 0 Å². The van der Waals surface area contributed by atoms with Gasteiger partial charge in [-0.05, 0) is 87.5 Å². The molecule has 5 rings (SSSR count). The molecule has 4 fully saturated rings. The average molecular weight is 469 g/mol. The van der Waals surface area contributed by atoms with E-state index in [9.17, 15) is 13.2 Å². The molecule has 0 spiro atoms. The first-order valence-corrected chi connectivity index (χ1v) is 12.2. The van der Waals surface area contributed by atoms with Crippen LogP contribution in [0.15, 0.2) is 17.0 Å². The smallest absolute Gasteiger partial charge is 0.242 e. The number of amides is 1. The number of hydrogen-bond donors (Lipinski definition) is 1. The van der Waals surface area contributed by atoms with Crippen molar-refractivity contribution in [1.29, 1.82) is 0 Å². The summed E-state index contributed by atoms with van der Waals surface area (Å²) < 4.78 is 26.5. The van der Waals surface area contributed by atoms with E-state index in [0.29, 0.717) is 17.5 Å². The van der Waals surface area contributed by atoms with Crippen molar-refractivity contribution in [2.75, 3.05) is 19.4 Å². The second-order valence-electron chi connectivity index (χ2n) is 9.55. The van der Waals surface area contributed by atoms with Crippen LogP contribution in [-0.4, -0.2) is 37.0 Å². The van der Waals surface area contributed by atoms with Crippen LogP contribution in [0.2, 0.25) is 0 Å². The molecule has 4 aliphatic carbocycles. The molecule has 4 saturated carbocycles. The van der Waals surface area contributed by atoms with Gasteiger partial charge in [-0.25, -0.2) is 12.7 Å². The summed E-state index contributed by atoms with van der Waals surface area (Å²) in [5.41, 5.74) is 2.07. The number of rotatable bonds is 4. The van der Waals surface area contributed by atoms with Crippen molar-refractivity contribution < 1.29 is 13.2 Å². The van der Waals surface area contributed by atoms with Crippen LogP contribution in [0.25, 0.3) is 0 Å². The zero-order valence-corrected chi connectivity index (χ0v) is 19.4. The Hall–Kier alpha value is -0.920. The van der Waals surface area contributed by atoms with E-state index in [4.69, 9.17) is 0 Å². The van der Waals surface area contributed by atoms with Gasteiger partial charge in [0, 0.05) is 24.1 Å². The average Bonchev–Trinajstić information content (AvgIpc) is 2.56. The molecule has 7 heteroatoms. The van der Waals surface area contributed by atoms with Gasteiger partial charge in [-0.15, -0.1) is 0 Å². The van der Waals surface area contributed by atoms with Gasteiger partial charge in [0.1, 0.15) is 0 Å². The number of carbonyl (C=O) groups excluding carboxylic acids is 1. The van der Waals surface area contributed by atoms with Crippen molar-refractivity contribution in [3.05, 3.63) is 23.3 Å². The van der Waals surface area contributed by atoms with Crippen LogP contribution in [0.3, 0.4) is 0 Å². The van der Waals surface area contributed by atoms with Gasteiger partial charge in [-0.2, -0.15) is 0 Å². The van der Waals surface area contributed by atoms with E-state index in [-0.39, 0.29) is 20.5 Å². The fourth-order valence-corrected chi connectivity index (χ4v) is 8.45. The highest BCUT2D eigenvalue weighted by Gasteiger charge is 2.59. The fraction of sp³-hybridized carbons (Fsp3) is 0.667. The molecule has 2 atom stereocenters. The van der Waals surface area contributed by atoms with Crippen molar-refractivity contribution in [3.8, 4) is 0 Å². The summed E-state index contributed by atoms with van der Waals surface area (Å²) in [5.74, 6) is 1.30. The van der Waals surface area contributed by atoms with Crippen LogP contribution in [0.4, 0.5) is 5.69 Å². The van der Waals surface area contributed by atoms with Gasteiger partial charge >= 0.3 is 0 Å². The highest BCUT2D eigenvalue weighted by molar-refractivity contribution is 9.10. The predicted molar refractivity (Wildman–Crippen MR) is 114 cm³/mol. The van der Waals surface area contributed by atoms with E-state index >= 15 is 0 Å². The highest BCUT2D eigenvalue weighted by atomic mass is 79.9. The zero-order chi connectivity index (χ0) is 20.5. The standard InChI is InChI=1S/C21H29BrN2O3S/c1-13-5-17(28(26,27)24(3)4)7-18(14(13)2)23-19(25)20-8-15-6-16(9-20)11-21(22,10-15)12-20/h5,7,15-16H,6,8-12H2,1-4H3,(H,23,25). The maximum atomic E-state index is 13.5. The van der Waals surface area contributed by atoms with Gasteiger partial charge in [0.15, 0.2) is 0 Å². The molecule has 0 aliphatic heterocycles. The molecule has 1 aromatic carbocycles. The number of anilines is 1. The first-order chi connectivity index (χ1) is 12.9. The third kappa shape index (κ3) is 3.23. The minimum absolute atomic E-state index is 0.0623. The third-order valence-corrected chi connectivity index (χ3v) is 9.86. The van der Waals surface area contributed by atoms with E-state index in [2.05, 4.69) is 21.2 Å². The lowest BCUT2D eigenvalue weighted by molar-refractivity contribution is -0.138. The first kappa shape index (κ1) is 20.4. The summed E-state index contributed by atoms with van der Waals surface area (Å²) in [4.78, 5) is 13.7. The van der Waals surface area contributed by atoms with Crippen LogP contribution in [0.5, 0.6) is 0 Å². The topological polar surface area (TPSA) is 66.5 Å². The van der Waals surface area contributed by atoms with E-state index in [0.717, 1.165) is 30.4 Å². The Morgan fingerprint density at radius 3 is 2.29 bits per heavy atom. The summed E-state index contributed by atoms with van der Waals surface area (Å²) in [7, 11) is -0.512. The molecule has 1 aromatic rings. The van der Waals surface area contributed by atoms with Crippen molar-refractivity contribution in [2.24, 2.45) is 17.3 Å². The van der Waals surface area contributed by atoms with Crippen LogP contribution in [0, 0.1) is 31.1 Å². The summed E-state index contributed by atoms with van der Waals surface area (Å²) in [5, 5.41) is 3.13. The SMILES string of the molecule is Cc1cc(S(=O)(=O)N(C)C)cc(NC(=O)C23CC4CC(CC(Br)(C4)C2)C3)c1C. The van der Waals surface area contributed by atoms with E-state index in [1.807, 2.05) is 13.8 Å². The van der Waals surface area contributed by atoms with E-state index in [1.54, 1.807) is 12.1 Å². The van der Waals surface area contributed by atoms with Gasteiger partial charge in [-0.1, -0.05) is 15.9 Å². The quantitative estimate of drug-likeness (QED) is 0.672. The van der Waals surface area contributed by atoms with E-state index < -0.39 is 10.0 Å². The molecule has 154 valence electrons. The summed E-state index contributed by atoms with van der Waals surface area (Å²) >= 11 is 3.96. The Bertz CT molecular complexity index is 927. The lowest BCUT2D eigenvalue weighted by atomic mass is 9.49. The van der Waals surface area contributed by atoms with Crippen LogP contribution >= 0.6 is 15.9 Å². The maximum absolute atomic E-state index is 13.5. The number of nitrogens with one attached hydrogen (secondary N) is 1. The summed E-state index contributed by atoms with van der Waals surface area (Å²) in [6.07, 6.45) is 6.39. The van der Waals surface area contributed by atoms with Crippen molar-refractivity contribution in [1.82, 2.24) is 4.31 Å². The largest absolute Gasteiger partial charge is 0.325 e. The van der Waals surface area contributed by atoms with Gasteiger partial charge in [-0.3, -0.25) is 4.79 Å². The second-order valence-corrected chi connectivity index (χ2v) is 13.4. The number of aryl methyl sites for hydroxylation is 1. The van der Waals surface area contributed by atoms with Gasteiger partial charge in [0.25, 0.3) is 0 Å². The number of alkyl halides is 1. The number of sulfonamides is 1. The molecule has 0 saturated heterocycles.